The minimum absolute atomic E-state index is 0.0508. The van der Waals surface area contributed by atoms with Crippen molar-refractivity contribution in [3.63, 3.8) is 0 Å². The summed E-state index contributed by atoms with van der Waals surface area (Å²) >= 11 is 0. The molecule has 1 amide bonds. The number of aliphatic carboxylic acids is 1. The lowest BCUT2D eigenvalue weighted by Crippen LogP contribution is -2.32. The first-order chi connectivity index (χ1) is 16.8. The molecule has 0 saturated carbocycles. The molecule has 9 heteroatoms. The highest BCUT2D eigenvalue weighted by Crippen LogP contribution is 2.20. The number of carbonyl (C=O) groups is 2. The minimum atomic E-state index is -4.13. The fourth-order valence-electron chi connectivity index (χ4n) is 3.07. The van der Waals surface area contributed by atoms with Crippen molar-refractivity contribution >= 4 is 33.7 Å². The molecule has 3 aromatic rings. The Labute approximate surface area is 202 Å². The third-order valence-corrected chi connectivity index (χ3v) is 6.16. The molecule has 0 spiro atoms. The van der Waals surface area contributed by atoms with E-state index in [0.717, 1.165) is 0 Å². The highest BCUT2D eigenvalue weighted by Gasteiger charge is 2.23. The summed E-state index contributed by atoms with van der Waals surface area (Å²) in [6.45, 7) is -0.387. The summed E-state index contributed by atoms with van der Waals surface area (Å²) < 4.78 is 28.2. The highest BCUT2D eigenvalue weighted by atomic mass is 32.2. The third kappa shape index (κ3) is 6.66. The Morgan fingerprint density at radius 3 is 1.97 bits per heavy atom. The van der Waals surface area contributed by atoms with E-state index in [9.17, 15) is 28.4 Å². The summed E-state index contributed by atoms with van der Waals surface area (Å²) in [5.74, 6) is -2.17. The van der Waals surface area contributed by atoms with Crippen LogP contribution in [0.25, 0.3) is 11.8 Å². The van der Waals surface area contributed by atoms with Crippen LogP contribution >= 0.6 is 0 Å². The molecule has 0 radical (unpaired) electrons. The van der Waals surface area contributed by atoms with Crippen LogP contribution in [-0.2, 0) is 19.6 Å². The summed E-state index contributed by atoms with van der Waals surface area (Å²) in [6.07, 6.45) is 1.40. The second-order valence-electron chi connectivity index (χ2n) is 7.21. The lowest BCUT2D eigenvalue weighted by molar-refractivity contribution is -0.132. The number of nitriles is 1. The van der Waals surface area contributed by atoms with Gasteiger partial charge in [0.05, 0.1) is 22.7 Å². The van der Waals surface area contributed by atoms with Crippen LogP contribution in [0, 0.1) is 11.3 Å². The van der Waals surface area contributed by atoms with Crippen molar-refractivity contribution in [2.75, 3.05) is 6.54 Å². The zero-order valence-electron chi connectivity index (χ0n) is 18.4. The van der Waals surface area contributed by atoms with Crippen LogP contribution in [0.15, 0.2) is 107 Å². The van der Waals surface area contributed by atoms with Crippen molar-refractivity contribution in [3.8, 4) is 6.07 Å². The first-order valence-corrected chi connectivity index (χ1v) is 11.8. The van der Waals surface area contributed by atoms with Gasteiger partial charge in [0.2, 0.25) is 0 Å². The van der Waals surface area contributed by atoms with Gasteiger partial charge >= 0.3 is 5.97 Å². The minimum Gasteiger partial charge on any atom is -0.478 e. The molecule has 3 N–H and O–H groups in total. The molecule has 0 unspecified atom stereocenters. The second-order valence-corrected chi connectivity index (χ2v) is 8.90. The Morgan fingerprint density at radius 2 is 1.43 bits per heavy atom. The predicted octanol–water partition coefficient (Wildman–Crippen LogP) is 3.18. The van der Waals surface area contributed by atoms with Gasteiger partial charge in [0.1, 0.15) is 11.6 Å². The molecular formula is C26H21N3O5S. The number of sulfonamides is 1. The highest BCUT2D eigenvalue weighted by molar-refractivity contribution is 7.89. The lowest BCUT2D eigenvalue weighted by Gasteiger charge is -2.15. The second kappa shape index (κ2) is 11.4. The van der Waals surface area contributed by atoms with Gasteiger partial charge in [0.15, 0.2) is 0 Å². The van der Waals surface area contributed by atoms with Crippen molar-refractivity contribution in [2.45, 2.75) is 4.90 Å². The Hall–Kier alpha value is -4.68. The van der Waals surface area contributed by atoms with Crippen molar-refractivity contribution in [3.05, 3.63) is 113 Å². The maximum Gasteiger partial charge on any atom is 0.333 e. The Morgan fingerprint density at radius 1 is 0.886 bits per heavy atom. The number of hydrogen-bond acceptors (Lipinski definition) is 5. The number of carbonyl (C=O) groups excluding carboxylic acids is 1. The first-order valence-electron chi connectivity index (χ1n) is 10.4. The largest absolute Gasteiger partial charge is 0.478 e. The molecule has 0 fully saturated rings. The van der Waals surface area contributed by atoms with Gasteiger partial charge in [0.25, 0.3) is 15.9 Å². The van der Waals surface area contributed by atoms with Gasteiger partial charge in [0, 0.05) is 5.56 Å². The van der Waals surface area contributed by atoms with Gasteiger partial charge in [-0.05, 0) is 23.8 Å². The Balaban J connectivity index is 1.96. The molecule has 0 saturated heterocycles. The summed E-state index contributed by atoms with van der Waals surface area (Å²) in [7, 11) is -4.13. The molecule has 0 aliphatic rings. The van der Waals surface area contributed by atoms with Gasteiger partial charge in [-0.25, -0.2) is 13.2 Å². The van der Waals surface area contributed by atoms with Crippen molar-refractivity contribution in [1.82, 2.24) is 10.0 Å². The Bertz CT molecular complexity index is 1410. The maximum absolute atomic E-state index is 12.9. The van der Waals surface area contributed by atoms with E-state index in [2.05, 4.69) is 10.0 Å². The van der Waals surface area contributed by atoms with Crippen LogP contribution in [0.2, 0.25) is 0 Å². The Kier molecular flexibility index (Phi) is 8.16. The van der Waals surface area contributed by atoms with E-state index < -0.39 is 27.5 Å². The van der Waals surface area contributed by atoms with Crippen LogP contribution < -0.4 is 10.0 Å². The van der Waals surface area contributed by atoms with Crippen LogP contribution in [-0.4, -0.2) is 31.9 Å². The van der Waals surface area contributed by atoms with Gasteiger partial charge in [-0.3, -0.25) is 9.52 Å². The quantitative estimate of drug-likeness (QED) is 0.313. The van der Waals surface area contributed by atoms with E-state index >= 15 is 0 Å². The number of benzene rings is 3. The molecule has 0 heterocycles. The zero-order chi connectivity index (χ0) is 25.3. The number of rotatable bonds is 9. The average molecular weight is 488 g/mol. The molecule has 3 aromatic carbocycles. The first kappa shape index (κ1) is 25.0. The molecule has 0 aliphatic heterocycles. The molecule has 0 bridgehead atoms. The third-order valence-electron chi connectivity index (χ3n) is 4.80. The van der Waals surface area contributed by atoms with E-state index in [4.69, 9.17) is 0 Å². The molecule has 0 aromatic heterocycles. The smallest absolute Gasteiger partial charge is 0.333 e. The van der Waals surface area contributed by atoms with Crippen LogP contribution in [0.5, 0.6) is 0 Å². The maximum atomic E-state index is 12.9. The molecule has 176 valence electrons. The van der Waals surface area contributed by atoms with Crippen molar-refractivity contribution in [2.24, 2.45) is 0 Å². The van der Waals surface area contributed by atoms with Crippen LogP contribution in [0.4, 0.5) is 0 Å². The molecule has 35 heavy (non-hydrogen) atoms. The number of hydrogen-bond donors (Lipinski definition) is 3. The standard InChI is InChI=1S/C26H21N3O5S/c27-17-23(25(30)28-18-21(26(31)32)16-19-10-4-1-5-11-19)24(20-12-6-2-7-13-20)29-35(33,34)22-14-8-3-9-15-22/h1-16,29H,18H2,(H,28,30)(H,31,32). The monoisotopic (exact) mass is 487 g/mol. The summed E-state index contributed by atoms with van der Waals surface area (Å²) in [6, 6.07) is 26.0. The number of nitrogens with one attached hydrogen (secondary N) is 2. The van der Waals surface area contributed by atoms with Gasteiger partial charge in [-0.15, -0.1) is 0 Å². The predicted molar refractivity (Wildman–Crippen MR) is 131 cm³/mol. The number of amides is 1. The van der Waals surface area contributed by atoms with Gasteiger partial charge in [-0.2, -0.15) is 5.26 Å². The SMILES string of the molecule is N#CC(C(=O)NCC(=Cc1ccccc1)C(=O)O)=C(NS(=O)(=O)c1ccccc1)c1ccccc1. The van der Waals surface area contributed by atoms with E-state index in [1.54, 1.807) is 84.9 Å². The van der Waals surface area contributed by atoms with Crippen molar-refractivity contribution in [1.29, 1.82) is 5.26 Å². The summed E-state index contributed by atoms with van der Waals surface area (Å²) in [5, 5.41) is 21.7. The number of carboxylic acids is 1. The molecule has 0 atom stereocenters. The van der Waals surface area contributed by atoms with Gasteiger partial charge in [-0.1, -0.05) is 78.9 Å². The number of nitrogens with zero attached hydrogens (tertiary/aromatic N) is 1. The molecule has 8 nitrogen and oxygen atoms in total. The van der Waals surface area contributed by atoms with E-state index in [-0.39, 0.29) is 28.3 Å². The zero-order valence-corrected chi connectivity index (χ0v) is 19.2. The fraction of sp³-hybridized carbons (Fsp3) is 0.0385. The van der Waals surface area contributed by atoms with Gasteiger partial charge < -0.3 is 10.4 Å². The average Bonchev–Trinajstić information content (AvgIpc) is 2.87. The lowest BCUT2D eigenvalue weighted by atomic mass is 10.1. The molecule has 0 aliphatic carbocycles. The summed E-state index contributed by atoms with van der Waals surface area (Å²) in [5.41, 5.74) is 0.0549. The molecular weight excluding hydrogens is 466 g/mol. The van der Waals surface area contributed by atoms with Crippen LogP contribution in [0.3, 0.4) is 0 Å². The normalized spacial score (nSPS) is 12.1. The summed E-state index contributed by atoms with van der Waals surface area (Å²) in [4.78, 5) is 24.6. The van der Waals surface area contributed by atoms with E-state index in [1.807, 2.05) is 0 Å². The van der Waals surface area contributed by atoms with Crippen molar-refractivity contribution < 1.29 is 23.1 Å². The fourth-order valence-corrected chi connectivity index (χ4v) is 4.20. The van der Waals surface area contributed by atoms with E-state index in [0.29, 0.717) is 5.56 Å². The van der Waals surface area contributed by atoms with Crippen LogP contribution in [0.1, 0.15) is 11.1 Å². The number of carboxylic acid groups (broad SMARTS) is 1. The topological polar surface area (TPSA) is 136 Å². The van der Waals surface area contributed by atoms with E-state index in [1.165, 1.54) is 18.2 Å². The molecule has 3 rings (SSSR count).